The molecule has 0 amide bonds. The van der Waals surface area contributed by atoms with Crippen molar-refractivity contribution in [2.75, 3.05) is 20.3 Å². The molecule has 5 nitrogen and oxygen atoms in total. The van der Waals surface area contributed by atoms with E-state index in [4.69, 9.17) is 9.47 Å². The fraction of sp³-hybridized carbons (Fsp3) is 0.200. The summed E-state index contributed by atoms with van der Waals surface area (Å²) in [4.78, 5) is 0.199. The summed E-state index contributed by atoms with van der Waals surface area (Å²) in [7, 11) is -2.05. The lowest BCUT2D eigenvalue weighted by Gasteiger charge is -2.21. The number of benzene rings is 3. The largest absolute Gasteiger partial charge is 0.486 e. The quantitative estimate of drug-likeness (QED) is 0.707. The van der Waals surface area contributed by atoms with Crippen molar-refractivity contribution in [2.45, 2.75) is 11.4 Å². The Balaban J connectivity index is 1.65. The van der Waals surface area contributed by atoms with Crippen molar-refractivity contribution in [2.24, 2.45) is 0 Å². The van der Waals surface area contributed by atoms with Gasteiger partial charge in [0.15, 0.2) is 11.5 Å². The van der Waals surface area contributed by atoms with Gasteiger partial charge in [0.25, 0.3) is 0 Å². The maximum Gasteiger partial charge on any atom is 0.243 e. The second-order valence-electron chi connectivity index (χ2n) is 6.20. The molecular formula is C20H19NO4S. The topological polar surface area (TPSA) is 55.8 Å². The van der Waals surface area contributed by atoms with Gasteiger partial charge in [-0.2, -0.15) is 4.31 Å². The molecule has 3 aromatic rings. The van der Waals surface area contributed by atoms with E-state index in [0.717, 1.165) is 16.3 Å². The highest BCUT2D eigenvalue weighted by molar-refractivity contribution is 7.89. The molecule has 0 atom stereocenters. The molecule has 0 radical (unpaired) electrons. The van der Waals surface area contributed by atoms with Gasteiger partial charge in [-0.1, -0.05) is 42.5 Å². The van der Waals surface area contributed by atoms with Gasteiger partial charge in [-0.3, -0.25) is 0 Å². The van der Waals surface area contributed by atoms with Crippen molar-refractivity contribution in [1.29, 1.82) is 0 Å². The number of hydrogen-bond donors (Lipinski definition) is 0. The van der Waals surface area contributed by atoms with E-state index < -0.39 is 10.0 Å². The van der Waals surface area contributed by atoms with Gasteiger partial charge in [-0.25, -0.2) is 8.42 Å². The van der Waals surface area contributed by atoms with E-state index in [2.05, 4.69) is 0 Å². The highest BCUT2D eigenvalue weighted by Gasteiger charge is 2.24. The fourth-order valence-electron chi connectivity index (χ4n) is 3.12. The molecule has 3 aromatic carbocycles. The Hall–Kier alpha value is -2.57. The Morgan fingerprint density at radius 2 is 1.65 bits per heavy atom. The van der Waals surface area contributed by atoms with E-state index in [9.17, 15) is 8.42 Å². The lowest BCUT2D eigenvalue weighted by molar-refractivity contribution is 0.171. The molecule has 26 heavy (non-hydrogen) atoms. The normalized spacial score (nSPS) is 13.9. The van der Waals surface area contributed by atoms with Gasteiger partial charge in [0, 0.05) is 19.7 Å². The second kappa shape index (κ2) is 6.63. The molecule has 0 fully saturated rings. The minimum atomic E-state index is -3.64. The smallest absolute Gasteiger partial charge is 0.243 e. The molecule has 1 aliphatic heterocycles. The first-order chi connectivity index (χ1) is 12.6. The van der Waals surface area contributed by atoms with Crippen LogP contribution in [0.4, 0.5) is 0 Å². The van der Waals surface area contributed by atoms with Crippen molar-refractivity contribution in [1.82, 2.24) is 4.31 Å². The first-order valence-electron chi connectivity index (χ1n) is 8.38. The van der Waals surface area contributed by atoms with E-state index in [-0.39, 0.29) is 11.4 Å². The number of fused-ring (bicyclic) bond motifs is 2. The zero-order valence-electron chi connectivity index (χ0n) is 14.4. The van der Waals surface area contributed by atoms with Gasteiger partial charge < -0.3 is 9.47 Å². The summed E-state index contributed by atoms with van der Waals surface area (Å²) in [6.07, 6.45) is 0. The van der Waals surface area contributed by atoms with Crippen LogP contribution in [0.1, 0.15) is 5.56 Å². The average Bonchev–Trinajstić information content (AvgIpc) is 2.68. The van der Waals surface area contributed by atoms with Gasteiger partial charge in [-0.15, -0.1) is 0 Å². The van der Waals surface area contributed by atoms with Crippen LogP contribution in [0.5, 0.6) is 11.5 Å². The minimum Gasteiger partial charge on any atom is -0.486 e. The fourth-order valence-corrected chi connectivity index (χ4v) is 4.28. The Morgan fingerprint density at radius 1 is 0.923 bits per heavy atom. The summed E-state index contributed by atoms with van der Waals surface area (Å²) in [5.41, 5.74) is 0.965. The van der Waals surface area contributed by atoms with Gasteiger partial charge in [-0.05, 0) is 28.5 Å². The van der Waals surface area contributed by atoms with Crippen molar-refractivity contribution < 1.29 is 17.9 Å². The Kier molecular flexibility index (Phi) is 4.30. The van der Waals surface area contributed by atoms with Crippen LogP contribution in [0.2, 0.25) is 0 Å². The number of rotatable bonds is 4. The van der Waals surface area contributed by atoms with Crippen LogP contribution in [0, 0.1) is 0 Å². The SMILES string of the molecule is CN(Cc1cccc2ccccc12)S(=O)(=O)c1ccc2c(c1)OCCO2. The van der Waals surface area contributed by atoms with Gasteiger partial charge in [0.2, 0.25) is 10.0 Å². The van der Waals surface area contributed by atoms with Crippen molar-refractivity contribution >= 4 is 20.8 Å². The van der Waals surface area contributed by atoms with Crippen LogP contribution < -0.4 is 9.47 Å². The van der Waals surface area contributed by atoms with E-state index in [1.54, 1.807) is 19.2 Å². The van der Waals surface area contributed by atoms with E-state index in [1.165, 1.54) is 10.4 Å². The maximum absolute atomic E-state index is 13.0. The Bertz CT molecular complexity index is 1060. The van der Waals surface area contributed by atoms with Crippen LogP contribution in [0.15, 0.2) is 65.6 Å². The predicted octanol–water partition coefficient (Wildman–Crippen LogP) is 3.43. The van der Waals surface area contributed by atoms with Crippen molar-refractivity contribution in [3.8, 4) is 11.5 Å². The summed E-state index contributed by atoms with van der Waals surface area (Å²) in [6.45, 7) is 1.18. The average molecular weight is 369 g/mol. The highest BCUT2D eigenvalue weighted by atomic mass is 32.2. The highest BCUT2D eigenvalue weighted by Crippen LogP contribution is 2.33. The summed E-state index contributed by atoms with van der Waals surface area (Å²) in [6, 6.07) is 18.6. The molecule has 0 saturated carbocycles. The van der Waals surface area contributed by atoms with E-state index >= 15 is 0 Å². The molecule has 0 saturated heterocycles. The summed E-state index contributed by atoms with van der Waals surface area (Å²) in [5.74, 6) is 1.04. The Labute approximate surface area is 152 Å². The molecule has 6 heteroatoms. The third-order valence-corrected chi connectivity index (χ3v) is 6.29. The predicted molar refractivity (Wildman–Crippen MR) is 100 cm³/mol. The number of ether oxygens (including phenoxy) is 2. The molecule has 1 aliphatic rings. The summed E-state index contributed by atoms with van der Waals surface area (Å²) < 4.78 is 38.3. The zero-order valence-corrected chi connectivity index (χ0v) is 15.2. The number of hydrogen-bond acceptors (Lipinski definition) is 4. The molecule has 0 aromatic heterocycles. The molecule has 0 N–H and O–H groups in total. The molecule has 134 valence electrons. The van der Waals surface area contributed by atoms with Crippen LogP contribution in [0.25, 0.3) is 10.8 Å². The van der Waals surface area contributed by atoms with Crippen LogP contribution in [-0.4, -0.2) is 33.0 Å². The first kappa shape index (κ1) is 16.9. The second-order valence-corrected chi connectivity index (χ2v) is 8.25. The monoisotopic (exact) mass is 369 g/mol. The van der Waals surface area contributed by atoms with Gasteiger partial charge in [0.05, 0.1) is 4.90 Å². The molecule has 0 bridgehead atoms. The maximum atomic E-state index is 13.0. The van der Waals surface area contributed by atoms with Crippen molar-refractivity contribution in [3.63, 3.8) is 0 Å². The lowest BCUT2D eigenvalue weighted by Crippen LogP contribution is -2.27. The number of sulfonamides is 1. The van der Waals surface area contributed by atoms with Crippen molar-refractivity contribution in [3.05, 3.63) is 66.2 Å². The zero-order chi connectivity index (χ0) is 18.1. The number of nitrogens with zero attached hydrogens (tertiary/aromatic N) is 1. The molecule has 4 rings (SSSR count). The van der Waals surface area contributed by atoms with Crippen LogP contribution in [-0.2, 0) is 16.6 Å². The van der Waals surface area contributed by atoms with Crippen LogP contribution >= 0.6 is 0 Å². The molecular weight excluding hydrogens is 350 g/mol. The molecule has 0 aliphatic carbocycles. The first-order valence-corrected chi connectivity index (χ1v) is 9.82. The third kappa shape index (κ3) is 3.02. The lowest BCUT2D eigenvalue weighted by atomic mass is 10.0. The van der Waals surface area contributed by atoms with E-state index in [1.807, 2.05) is 42.5 Å². The van der Waals surface area contributed by atoms with Gasteiger partial charge in [0.1, 0.15) is 13.2 Å². The minimum absolute atomic E-state index is 0.199. The van der Waals surface area contributed by atoms with Crippen LogP contribution in [0.3, 0.4) is 0 Å². The standard InChI is InChI=1S/C20H19NO4S/c1-21(14-16-7-4-6-15-5-2-3-8-18(15)16)26(22,23)17-9-10-19-20(13-17)25-12-11-24-19/h2-10,13H,11-12,14H2,1H3. The molecule has 1 heterocycles. The summed E-state index contributed by atoms with van der Waals surface area (Å²) in [5, 5.41) is 2.15. The van der Waals surface area contributed by atoms with E-state index in [0.29, 0.717) is 24.7 Å². The summed E-state index contributed by atoms with van der Waals surface area (Å²) >= 11 is 0. The third-order valence-electron chi connectivity index (χ3n) is 4.49. The van der Waals surface area contributed by atoms with Gasteiger partial charge >= 0.3 is 0 Å². The molecule has 0 spiro atoms. The molecule has 0 unspecified atom stereocenters. The Morgan fingerprint density at radius 3 is 2.50 bits per heavy atom.